The first-order chi connectivity index (χ1) is 11.6. The van der Waals surface area contributed by atoms with Gasteiger partial charge in [0.1, 0.15) is 0 Å². The lowest BCUT2D eigenvalue weighted by Crippen LogP contribution is -1.78. The molecule has 1 aromatic carbocycles. The summed E-state index contributed by atoms with van der Waals surface area (Å²) in [4.78, 5) is 11.6. The lowest BCUT2D eigenvalue weighted by molar-refractivity contribution is 1.24. The minimum atomic E-state index is 0.746. The summed E-state index contributed by atoms with van der Waals surface area (Å²) in [7, 11) is 0. The number of aromatic amines is 1. The normalized spacial score (nSPS) is 10.3. The van der Waals surface area contributed by atoms with E-state index in [1.165, 1.54) is 5.56 Å². The van der Waals surface area contributed by atoms with Crippen LogP contribution in [-0.4, -0.2) is 15.0 Å². The lowest BCUT2D eigenvalue weighted by atomic mass is 10.1. The molecule has 0 fully saturated rings. The third kappa shape index (κ3) is 3.81. The fourth-order valence-corrected chi connectivity index (χ4v) is 2.64. The minimum Gasteiger partial charge on any atom is -0.354 e. The second-order valence-electron chi connectivity index (χ2n) is 5.58. The van der Waals surface area contributed by atoms with E-state index in [4.69, 9.17) is 11.6 Å². The first kappa shape index (κ1) is 16.2. The van der Waals surface area contributed by atoms with Crippen LogP contribution in [0.3, 0.4) is 0 Å². The van der Waals surface area contributed by atoms with Crippen LogP contribution in [0.25, 0.3) is 22.2 Å². The van der Waals surface area contributed by atoms with Gasteiger partial charge in [-0.25, -0.2) is 0 Å². The van der Waals surface area contributed by atoms with Crippen molar-refractivity contribution in [3.05, 3.63) is 83.4 Å². The van der Waals surface area contributed by atoms with Crippen LogP contribution in [0.5, 0.6) is 0 Å². The second-order valence-corrected chi connectivity index (χ2v) is 6.02. The van der Waals surface area contributed by atoms with Crippen molar-refractivity contribution < 1.29 is 0 Å². The largest absolute Gasteiger partial charge is 0.354 e. The van der Waals surface area contributed by atoms with Gasteiger partial charge in [-0.2, -0.15) is 0 Å². The Morgan fingerprint density at radius 3 is 2.46 bits per heavy atom. The molecule has 4 heteroatoms. The lowest BCUT2D eigenvalue weighted by Gasteiger charge is -1.97. The van der Waals surface area contributed by atoms with Crippen LogP contribution >= 0.6 is 11.6 Å². The predicted octanol–water partition coefficient (Wildman–Crippen LogP) is 5.58. The van der Waals surface area contributed by atoms with Gasteiger partial charge in [-0.15, -0.1) is 0 Å². The highest BCUT2D eigenvalue weighted by atomic mass is 35.5. The van der Waals surface area contributed by atoms with Crippen molar-refractivity contribution >= 4 is 22.5 Å². The van der Waals surface area contributed by atoms with Crippen molar-refractivity contribution in [1.29, 1.82) is 0 Å². The minimum absolute atomic E-state index is 0.746. The van der Waals surface area contributed by atoms with E-state index in [0.717, 1.165) is 32.9 Å². The van der Waals surface area contributed by atoms with Crippen LogP contribution in [-0.2, 0) is 0 Å². The van der Waals surface area contributed by atoms with Crippen molar-refractivity contribution in [1.82, 2.24) is 15.0 Å². The molecule has 0 radical (unpaired) electrons. The van der Waals surface area contributed by atoms with Gasteiger partial charge in [0, 0.05) is 45.9 Å². The molecule has 4 aromatic rings. The number of fused-ring (bicyclic) bond motifs is 1. The average molecular weight is 336 g/mol. The molecule has 0 unspecified atom stereocenters. The van der Waals surface area contributed by atoms with Crippen LogP contribution < -0.4 is 0 Å². The highest BCUT2D eigenvalue weighted by molar-refractivity contribution is 6.30. The van der Waals surface area contributed by atoms with E-state index in [1.54, 1.807) is 6.20 Å². The van der Waals surface area contributed by atoms with Crippen LogP contribution in [0, 0.1) is 13.8 Å². The molecule has 0 atom stereocenters. The van der Waals surface area contributed by atoms with Gasteiger partial charge < -0.3 is 4.98 Å². The van der Waals surface area contributed by atoms with Gasteiger partial charge in [-0.1, -0.05) is 29.8 Å². The number of hydrogen-bond acceptors (Lipinski definition) is 2. The maximum atomic E-state index is 6.00. The summed E-state index contributed by atoms with van der Waals surface area (Å²) in [6.07, 6.45) is 5.42. The Morgan fingerprint density at radius 2 is 1.83 bits per heavy atom. The molecule has 0 bridgehead atoms. The summed E-state index contributed by atoms with van der Waals surface area (Å²) in [6.45, 7) is 4.03. The number of benzene rings is 1. The quantitative estimate of drug-likeness (QED) is 0.493. The molecule has 4 rings (SSSR count). The van der Waals surface area contributed by atoms with Gasteiger partial charge >= 0.3 is 0 Å². The van der Waals surface area contributed by atoms with E-state index < -0.39 is 0 Å². The number of rotatable bonds is 1. The third-order valence-corrected chi connectivity index (χ3v) is 3.93. The Labute approximate surface area is 146 Å². The zero-order chi connectivity index (χ0) is 16.9. The van der Waals surface area contributed by atoms with Crippen LogP contribution in [0.1, 0.15) is 11.3 Å². The van der Waals surface area contributed by atoms with Crippen molar-refractivity contribution in [3.8, 4) is 11.3 Å². The maximum absolute atomic E-state index is 6.00. The van der Waals surface area contributed by atoms with E-state index >= 15 is 0 Å². The zero-order valence-corrected chi connectivity index (χ0v) is 14.4. The zero-order valence-electron chi connectivity index (χ0n) is 13.6. The highest BCUT2D eigenvalue weighted by Crippen LogP contribution is 2.26. The van der Waals surface area contributed by atoms with Gasteiger partial charge in [0.05, 0.1) is 0 Å². The number of nitrogens with zero attached hydrogens (tertiary/aromatic N) is 2. The summed E-state index contributed by atoms with van der Waals surface area (Å²) in [5.41, 5.74) is 5.51. The predicted molar refractivity (Wildman–Crippen MR) is 100 cm³/mol. The van der Waals surface area contributed by atoms with E-state index in [2.05, 4.69) is 21.0 Å². The van der Waals surface area contributed by atoms with E-state index in [0.29, 0.717) is 0 Å². The first-order valence-electron chi connectivity index (χ1n) is 7.70. The summed E-state index contributed by atoms with van der Waals surface area (Å²) in [5, 5.41) is 1.90. The number of hydrogen-bond donors (Lipinski definition) is 1. The Bertz CT molecular complexity index is 945. The molecule has 0 amide bonds. The van der Waals surface area contributed by atoms with Gasteiger partial charge in [0.2, 0.25) is 0 Å². The smallest absolute Gasteiger partial charge is 0.0492 e. The average Bonchev–Trinajstić information content (AvgIpc) is 3.02. The first-order valence-corrected chi connectivity index (χ1v) is 8.08. The number of aromatic nitrogens is 3. The molecule has 24 heavy (non-hydrogen) atoms. The Morgan fingerprint density at radius 1 is 0.958 bits per heavy atom. The third-order valence-electron chi connectivity index (χ3n) is 3.69. The molecule has 0 aliphatic carbocycles. The molecule has 1 N–H and O–H groups in total. The van der Waals surface area contributed by atoms with Crippen LogP contribution in [0.4, 0.5) is 0 Å². The number of nitrogens with one attached hydrogen (secondary N) is 1. The topological polar surface area (TPSA) is 41.6 Å². The monoisotopic (exact) mass is 335 g/mol. The SMILES string of the molecule is Cc1cccnc1.Cc1nccc2[nH]c(-c3cccc(Cl)c3)cc12. The van der Waals surface area contributed by atoms with Crippen LogP contribution in [0.2, 0.25) is 5.02 Å². The van der Waals surface area contributed by atoms with E-state index in [-0.39, 0.29) is 0 Å². The number of halogens is 1. The molecule has 3 nitrogen and oxygen atoms in total. The summed E-state index contributed by atoms with van der Waals surface area (Å²) >= 11 is 6.00. The number of H-pyrrole nitrogens is 1. The summed E-state index contributed by atoms with van der Waals surface area (Å²) < 4.78 is 0. The van der Waals surface area contributed by atoms with Crippen molar-refractivity contribution in [2.24, 2.45) is 0 Å². The molecular weight excluding hydrogens is 318 g/mol. The molecular formula is C20H18ClN3. The molecule has 120 valence electrons. The van der Waals surface area contributed by atoms with Gasteiger partial charge in [0.25, 0.3) is 0 Å². The van der Waals surface area contributed by atoms with Crippen molar-refractivity contribution in [2.45, 2.75) is 13.8 Å². The summed E-state index contributed by atoms with van der Waals surface area (Å²) in [6, 6.07) is 15.9. The summed E-state index contributed by atoms with van der Waals surface area (Å²) in [5.74, 6) is 0. The number of pyridine rings is 2. The van der Waals surface area contributed by atoms with Gasteiger partial charge in [-0.05, 0) is 55.3 Å². The van der Waals surface area contributed by atoms with E-state index in [1.807, 2.05) is 68.7 Å². The van der Waals surface area contributed by atoms with Crippen molar-refractivity contribution in [2.75, 3.05) is 0 Å². The maximum Gasteiger partial charge on any atom is 0.0492 e. The number of aryl methyl sites for hydroxylation is 2. The standard InChI is InChI=1S/C14H11ClN2.C6H7N/c1-9-12-8-14(17-13(12)5-6-16-9)10-3-2-4-11(15)7-10;1-6-3-2-4-7-5-6/h2-8,17H,1H3;2-5H,1H3. The fourth-order valence-electron chi connectivity index (χ4n) is 2.45. The van der Waals surface area contributed by atoms with Crippen molar-refractivity contribution in [3.63, 3.8) is 0 Å². The van der Waals surface area contributed by atoms with Crippen LogP contribution in [0.15, 0.2) is 67.1 Å². The molecule has 3 aromatic heterocycles. The Balaban J connectivity index is 0.000000203. The highest BCUT2D eigenvalue weighted by Gasteiger charge is 2.05. The molecule has 0 aliphatic rings. The molecule has 3 heterocycles. The molecule has 0 spiro atoms. The Hall–Kier alpha value is -2.65. The fraction of sp³-hybridized carbons (Fsp3) is 0.100. The Kier molecular flexibility index (Phi) is 4.92. The molecule has 0 saturated heterocycles. The van der Waals surface area contributed by atoms with E-state index in [9.17, 15) is 0 Å². The van der Waals surface area contributed by atoms with Gasteiger partial charge in [-0.3, -0.25) is 9.97 Å². The molecule has 0 aliphatic heterocycles. The second kappa shape index (κ2) is 7.28. The van der Waals surface area contributed by atoms with Gasteiger partial charge in [0.15, 0.2) is 0 Å². The molecule has 0 saturated carbocycles.